The SMILES string of the molecule is CC[C@@H](C(=O)OCc1ccc(C(=O)Nc2ccccc2)cc1)c1ccccc1. The van der Waals surface area contributed by atoms with Crippen molar-refractivity contribution in [1.29, 1.82) is 0 Å². The molecule has 142 valence electrons. The Labute approximate surface area is 165 Å². The lowest BCUT2D eigenvalue weighted by Gasteiger charge is -2.14. The number of hydrogen-bond acceptors (Lipinski definition) is 3. The molecular formula is C24H23NO3. The van der Waals surface area contributed by atoms with Crippen molar-refractivity contribution < 1.29 is 14.3 Å². The summed E-state index contributed by atoms with van der Waals surface area (Å²) in [6, 6.07) is 26.0. The van der Waals surface area contributed by atoms with E-state index < -0.39 is 0 Å². The van der Waals surface area contributed by atoms with Gasteiger partial charge in [0.15, 0.2) is 0 Å². The van der Waals surface area contributed by atoms with Gasteiger partial charge in [0.2, 0.25) is 0 Å². The molecule has 0 saturated heterocycles. The Hall–Kier alpha value is -3.40. The zero-order valence-electron chi connectivity index (χ0n) is 15.8. The van der Waals surface area contributed by atoms with E-state index in [-0.39, 0.29) is 24.4 Å². The Kier molecular flexibility index (Phi) is 6.58. The Balaban J connectivity index is 1.56. The highest BCUT2D eigenvalue weighted by molar-refractivity contribution is 6.04. The van der Waals surface area contributed by atoms with E-state index in [4.69, 9.17) is 4.74 Å². The molecule has 28 heavy (non-hydrogen) atoms. The quantitative estimate of drug-likeness (QED) is 0.581. The van der Waals surface area contributed by atoms with Gasteiger partial charge in [-0.15, -0.1) is 0 Å². The van der Waals surface area contributed by atoms with E-state index in [0.717, 1.165) is 16.8 Å². The number of anilines is 1. The molecule has 0 heterocycles. The van der Waals surface area contributed by atoms with Crippen molar-refractivity contribution >= 4 is 17.6 Å². The Bertz CT molecular complexity index is 906. The highest BCUT2D eigenvalue weighted by atomic mass is 16.5. The van der Waals surface area contributed by atoms with Crippen LogP contribution in [0.15, 0.2) is 84.9 Å². The molecule has 0 radical (unpaired) electrons. The van der Waals surface area contributed by atoms with Crippen molar-refractivity contribution in [1.82, 2.24) is 0 Å². The largest absolute Gasteiger partial charge is 0.460 e. The maximum absolute atomic E-state index is 12.4. The average molecular weight is 373 g/mol. The van der Waals surface area contributed by atoms with Crippen LogP contribution in [-0.2, 0) is 16.1 Å². The third-order valence-corrected chi connectivity index (χ3v) is 4.52. The van der Waals surface area contributed by atoms with Crippen LogP contribution in [0.2, 0.25) is 0 Å². The number of carbonyl (C=O) groups is 2. The number of esters is 1. The highest BCUT2D eigenvalue weighted by Gasteiger charge is 2.20. The fourth-order valence-corrected chi connectivity index (χ4v) is 2.96. The van der Waals surface area contributed by atoms with Crippen molar-refractivity contribution in [3.8, 4) is 0 Å². The van der Waals surface area contributed by atoms with E-state index in [0.29, 0.717) is 12.0 Å². The number of amides is 1. The highest BCUT2D eigenvalue weighted by Crippen LogP contribution is 2.21. The molecular weight excluding hydrogens is 350 g/mol. The molecule has 0 aliphatic rings. The van der Waals surface area contributed by atoms with Crippen molar-refractivity contribution in [2.45, 2.75) is 25.9 Å². The van der Waals surface area contributed by atoms with Gasteiger partial charge in [-0.1, -0.05) is 67.6 Å². The van der Waals surface area contributed by atoms with Gasteiger partial charge >= 0.3 is 5.97 Å². The van der Waals surface area contributed by atoms with E-state index in [9.17, 15) is 9.59 Å². The van der Waals surface area contributed by atoms with Crippen LogP contribution in [0.3, 0.4) is 0 Å². The molecule has 1 amide bonds. The zero-order chi connectivity index (χ0) is 19.8. The minimum atomic E-state index is -0.267. The summed E-state index contributed by atoms with van der Waals surface area (Å²) in [4.78, 5) is 24.7. The lowest BCUT2D eigenvalue weighted by molar-refractivity contribution is -0.146. The maximum atomic E-state index is 12.4. The minimum absolute atomic E-state index is 0.176. The molecule has 3 aromatic rings. The van der Waals surface area contributed by atoms with Crippen LogP contribution in [0.4, 0.5) is 5.69 Å². The monoisotopic (exact) mass is 373 g/mol. The normalized spacial score (nSPS) is 11.5. The molecule has 1 N–H and O–H groups in total. The lowest BCUT2D eigenvalue weighted by Crippen LogP contribution is -2.15. The first kappa shape index (κ1) is 19.4. The van der Waals surface area contributed by atoms with Crippen LogP contribution in [0.1, 0.15) is 40.7 Å². The van der Waals surface area contributed by atoms with E-state index in [1.807, 2.05) is 67.6 Å². The number of para-hydroxylation sites is 1. The van der Waals surface area contributed by atoms with Gasteiger partial charge in [0.25, 0.3) is 5.91 Å². The van der Waals surface area contributed by atoms with Crippen LogP contribution in [0.25, 0.3) is 0 Å². The second-order valence-electron chi connectivity index (χ2n) is 6.50. The topological polar surface area (TPSA) is 55.4 Å². The second-order valence-corrected chi connectivity index (χ2v) is 6.50. The van der Waals surface area contributed by atoms with Gasteiger partial charge in [0.1, 0.15) is 6.61 Å². The maximum Gasteiger partial charge on any atom is 0.313 e. The first-order valence-electron chi connectivity index (χ1n) is 9.34. The van der Waals surface area contributed by atoms with Crippen molar-refractivity contribution in [3.05, 3.63) is 102 Å². The first-order chi connectivity index (χ1) is 13.7. The second kappa shape index (κ2) is 9.51. The molecule has 0 unspecified atom stereocenters. The number of carbonyl (C=O) groups excluding carboxylic acids is 2. The summed E-state index contributed by atoms with van der Waals surface area (Å²) in [6.45, 7) is 2.15. The van der Waals surface area contributed by atoms with Crippen LogP contribution >= 0.6 is 0 Å². The molecule has 0 spiro atoms. The van der Waals surface area contributed by atoms with Crippen molar-refractivity contribution in [2.75, 3.05) is 5.32 Å². The van der Waals surface area contributed by atoms with E-state index in [2.05, 4.69) is 5.32 Å². The molecule has 1 atom stereocenters. The summed E-state index contributed by atoms with van der Waals surface area (Å²) in [5.74, 6) is -0.679. The fraction of sp³-hybridized carbons (Fsp3) is 0.167. The summed E-state index contributed by atoms with van der Waals surface area (Å²) in [7, 11) is 0. The van der Waals surface area contributed by atoms with Gasteiger partial charge in [-0.05, 0) is 41.8 Å². The summed E-state index contributed by atoms with van der Waals surface area (Å²) >= 11 is 0. The summed E-state index contributed by atoms with van der Waals surface area (Å²) < 4.78 is 5.49. The van der Waals surface area contributed by atoms with E-state index in [1.54, 1.807) is 24.3 Å². The number of nitrogens with one attached hydrogen (secondary N) is 1. The Morgan fingerprint density at radius 1 is 0.857 bits per heavy atom. The number of benzene rings is 3. The zero-order valence-corrected chi connectivity index (χ0v) is 15.8. The lowest BCUT2D eigenvalue weighted by atomic mass is 9.97. The van der Waals surface area contributed by atoms with Gasteiger partial charge in [0.05, 0.1) is 5.92 Å². The molecule has 0 saturated carbocycles. The standard InChI is InChI=1S/C24H23NO3/c1-2-22(19-9-5-3-6-10-19)24(27)28-17-18-13-15-20(16-14-18)23(26)25-21-11-7-4-8-12-21/h3-16,22H,2,17H2,1H3,(H,25,26)/t22-/m1/s1. The molecule has 0 aromatic heterocycles. The molecule has 0 fully saturated rings. The third kappa shape index (κ3) is 5.07. The molecule has 3 rings (SSSR count). The molecule has 0 bridgehead atoms. The van der Waals surface area contributed by atoms with E-state index in [1.165, 1.54) is 0 Å². The average Bonchev–Trinajstić information content (AvgIpc) is 2.74. The van der Waals surface area contributed by atoms with Crippen molar-refractivity contribution in [2.24, 2.45) is 0 Å². The van der Waals surface area contributed by atoms with Gasteiger partial charge in [0, 0.05) is 11.3 Å². The van der Waals surface area contributed by atoms with Crippen LogP contribution in [-0.4, -0.2) is 11.9 Å². The summed E-state index contributed by atoms with van der Waals surface area (Å²) in [5, 5.41) is 2.84. The molecule has 0 aliphatic heterocycles. The Morgan fingerprint density at radius 3 is 2.07 bits per heavy atom. The molecule has 0 aliphatic carbocycles. The summed E-state index contributed by atoms with van der Waals surface area (Å²) in [6.07, 6.45) is 0.682. The van der Waals surface area contributed by atoms with Crippen LogP contribution in [0, 0.1) is 0 Å². The minimum Gasteiger partial charge on any atom is -0.460 e. The first-order valence-corrected chi connectivity index (χ1v) is 9.34. The smallest absolute Gasteiger partial charge is 0.313 e. The fourth-order valence-electron chi connectivity index (χ4n) is 2.96. The van der Waals surface area contributed by atoms with Gasteiger partial charge in [-0.2, -0.15) is 0 Å². The molecule has 3 aromatic carbocycles. The molecule has 4 heteroatoms. The summed E-state index contributed by atoms with van der Waals surface area (Å²) in [5.41, 5.74) is 3.10. The van der Waals surface area contributed by atoms with Gasteiger partial charge in [-0.3, -0.25) is 9.59 Å². The van der Waals surface area contributed by atoms with E-state index >= 15 is 0 Å². The van der Waals surface area contributed by atoms with Crippen LogP contribution in [0.5, 0.6) is 0 Å². The van der Waals surface area contributed by atoms with Crippen LogP contribution < -0.4 is 5.32 Å². The van der Waals surface area contributed by atoms with Crippen molar-refractivity contribution in [3.63, 3.8) is 0 Å². The number of hydrogen-bond donors (Lipinski definition) is 1. The predicted molar refractivity (Wildman–Crippen MR) is 110 cm³/mol. The van der Waals surface area contributed by atoms with Gasteiger partial charge < -0.3 is 10.1 Å². The number of ether oxygens (including phenoxy) is 1. The predicted octanol–water partition coefficient (Wildman–Crippen LogP) is 5.18. The third-order valence-electron chi connectivity index (χ3n) is 4.52. The molecule has 4 nitrogen and oxygen atoms in total. The van der Waals surface area contributed by atoms with Gasteiger partial charge in [-0.25, -0.2) is 0 Å². The number of rotatable bonds is 7. The Morgan fingerprint density at radius 2 is 1.46 bits per heavy atom.